The molecule has 0 aromatic heterocycles. The Morgan fingerprint density at radius 3 is 2.06 bits per heavy atom. The molecule has 0 fully saturated rings. The van der Waals surface area contributed by atoms with Gasteiger partial charge in [0.1, 0.15) is 12.7 Å². The van der Waals surface area contributed by atoms with Crippen LogP contribution in [0.25, 0.3) is 32.3 Å². The second-order valence-electron chi connectivity index (χ2n) is 14.2. The standard InChI is InChI=1S/C43H47NO3/c1-29(2)42(44(43(4,5)6)47-30(3)32-13-8-7-9-14-32)35-23-21-31(22-24-35)28-46-39(45)20-12-17-36-27-37-18-10-15-33-25-26-34-16-11-19-38(36)41(34)40(33)37/h7-11,13-16,18-19,21-27,29-30,42H,12,17,20,28H2,1-6H3. The molecule has 0 spiro atoms. The highest BCUT2D eigenvalue weighted by molar-refractivity contribution is 6.23. The number of nitrogens with zero attached hydrogens (tertiary/aromatic N) is 1. The molecular formula is C43H47NO3. The molecule has 0 amide bonds. The molecule has 4 nitrogen and oxygen atoms in total. The van der Waals surface area contributed by atoms with E-state index in [1.54, 1.807) is 0 Å². The van der Waals surface area contributed by atoms with Crippen LogP contribution in [0.2, 0.25) is 0 Å². The smallest absolute Gasteiger partial charge is 0.306 e. The van der Waals surface area contributed by atoms with Crippen molar-refractivity contribution in [3.8, 4) is 0 Å². The molecule has 0 N–H and O–H groups in total. The third-order valence-corrected chi connectivity index (χ3v) is 9.23. The van der Waals surface area contributed by atoms with Gasteiger partial charge in [0.2, 0.25) is 0 Å². The molecule has 0 aliphatic rings. The van der Waals surface area contributed by atoms with E-state index in [9.17, 15) is 4.79 Å². The van der Waals surface area contributed by atoms with E-state index in [1.165, 1.54) is 43.4 Å². The highest BCUT2D eigenvalue weighted by atomic mass is 16.7. The minimum absolute atomic E-state index is 0.0525. The summed E-state index contributed by atoms with van der Waals surface area (Å²) in [7, 11) is 0. The van der Waals surface area contributed by atoms with E-state index in [1.807, 2.05) is 6.07 Å². The number of esters is 1. The summed E-state index contributed by atoms with van der Waals surface area (Å²) in [6.07, 6.45) is 1.89. The molecule has 0 bridgehead atoms. The first-order valence-electron chi connectivity index (χ1n) is 17.0. The van der Waals surface area contributed by atoms with Crippen LogP contribution in [-0.2, 0) is 27.4 Å². The van der Waals surface area contributed by atoms with Crippen LogP contribution in [0.1, 0.15) is 88.8 Å². The third-order valence-electron chi connectivity index (χ3n) is 9.23. The molecule has 6 aromatic carbocycles. The number of rotatable bonds is 12. The Morgan fingerprint density at radius 1 is 0.723 bits per heavy atom. The van der Waals surface area contributed by atoms with E-state index < -0.39 is 0 Å². The Bertz CT molecular complexity index is 1940. The van der Waals surface area contributed by atoms with Gasteiger partial charge in [-0.1, -0.05) is 123 Å². The molecule has 47 heavy (non-hydrogen) atoms. The molecule has 6 rings (SSSR count). The molecular weight excluding hydrogens is 578 g/mol. The van der Waals surface area contributed by atoms with E-state index in [0.717, 1.165) is 24.0 Å². The predicted octanol–water partition coefficient (Wildman–Crippen LogP) is 11.1. The summed E-state index contributed by atoms with van der Waals surface area (Å²) in [5.74, 6) is 0.155. The van der Waals surface area contributed by atoms with Gasteiger partial charge in [0.05, 0.1) is 6.04 Å². The monoisotopic (exact) mass is 625 g/mol. The molecule has 0 radical (unpaired) electrons. The van der Waals surface area contributed by atoms with Crippen molar-refractivity contribution in [3.05, 3.63) is 131 Å². The Balaban J connectivity index is 1.08. The molecule has 0 saturated heterocycles. The van der Waals surface area contributed by atoms with Crippen LogP contribution in [0.5, 0.6) is 0 Å². The van der Waals surface area contributed by atoms with Gasteiger partial charge in [0.15, 0.2) is 0 Å². The van der Waals surface area contributed by atoms with Crippen molar-refractivity contribution in [1.29, 1.82) is 0 Å². The summed E-state index contributed by atoms with van der Waals surface area (Å²) in [6.45, 7) is 13.4. The van der Waals surface area contributed by atoms with Crippen LogP contribution in [0.3, 0.4) is 0 Å². The maximum absolute atomic E-state index is 12.8. The average molecular weight is 626 g/mol. The number of carbonyl (C=O) groups is 1. The Hall–Kier alpha value is -4.25. The first-order valence-corrected chi connectivity index (χ1v) is 17.0. The molecule has 2 unspecified atom stereocenters. The lowest BCUT2D eigenvalue weighted by Crippen LogP contribution is -2.46. The number of hydrogen-bond donors (Lipinski definition) is 0. The van der Waals surface area contributed by atoms with Crippen molar-refractivity contribution in [2.45, 2.75) is 85.1 Å². The summed E-state index contributed by atoms with van der Waals surface area (Å²) in [6, 6.07) is 38.6. The fourth-order valence-electron chi connectivity index (χ4n) is 6.90. The zero-order valence-electron chi connectivity index (χ0n) is 28.6. The van der Waals surface area contributed by atoms with Crippen LogP contribution in [0.15, 0.2) is 109 Å². The summed E-state index contributed by atoms with van der Waals surface area (Å²) in [5.41, 5.74) is 4.38. The van der Waals surface area contributed by atoms with Gasteiger partial charge in [-0.25, -0.2) is 0 Å². The van der Waals surface area contributed by atoms with Crippen LogP contribution in [-0.4, -0.2) is 16.6 Å². The lowest BCUT2D eigenvalue weighted by molar-refractivity contribution is -0.272. The van der Waals surface area contributed by atoms with Gasteiger partial charge in [0.25, 0.3) is 0 Å². The fourth-order valence-corrected chi connectivity index (χ4v) is 6.90. The molecule has 242 valence electrons. The lowest BCUT2D eigenvalue weighted by Gasteiger charge is -2.44. The van der Waals surface area contributed by atoms with E-state index in [4.69, 9.17) is 9.57 Å². The van der Waals surface area contributed by atoms with Gasteiger partial charge in [-0.2, -0.15) is 5.06 Å². The van der Waals surface area contributed by atoms with Crippen molar-refractivity contribution >= 4 is 38.3 Å². The van der Waals surface area contributed by atoms with Gasteiger partial charge < -0.3 is 4.74 Å². The Labute approximate surface area is 279 Å². The quantitative estimate of drug-likeness (QED) is 0.0770. The van der Waals surface area contributed by atoms with Crippen LogP contribution in [0, 0.1) is 5.92 Å². The lowest BCUT2D eigenvalue weighted by atomic mass is 9.90. The van der Waals surface area contributed by atoms with Crippen LogP contribution < -0.4 is 0 Å². The molecule has 4 heteroatoms. The van der Waals surface area contributed by atoms with Crippen molar-refractivity contribution < 1.29 is 14.4 Å². The number of benzene rings is 6. The normalized spacial score (nSPS) is 13.6. The maximum Gasteiger partial charge on any atom is 0.306 e. The van der Waals surface area contributed by atoms with Crippen molar-refractivity contribution in [2.75, 3.05) is 0 Å². The zero-order valence-corrected chi connectivity index (χ0v) is 28.6. The highest BCUT2D eigenvalue weighted by Gasteiger charge is 2.35. The third kappa shape index (κ3) is 7.20. The zero-order chi connectivity index (χ0) is 33.1. The number of hydrogen-bond acceptors (Lipinski definition) is 4. The summed E-state index contributed by atoms with van der Waals surface area (Å²) in [4.78, 5) is 19.5. The highest BCUT2D eigenvalue weighted by Crippen LogP contribution is 2.38. The van der Waals surface area contributed by atoms with Gasteiger partial charge in [0, 0.05) is 12.0 Å². The van der Waals surface area contributed by atoms with Gasteiger partial charge in [-0.05, 0) is 101 Å². The second-order valence-corrected chi connectivity index (χ2v) is 14.2. The topological polar surface area (TPSA) is 38.8 Å². The summed E-state index contributed by atoms with van der Waals surface area (Å²) in [5, 5.41) is 9.89. The minimum atomic E-state index is -0.219. The molecule has 0 aliphatic carbocycles. The van der Waals surface area contributed by atoms with E-state index in [-0.39, 0.29) is 30.3 Å². The molecule has 0 saturated carbocycles. The average Bonchev–Trinajstić information content (AvgIpc) is 3.06. The number of carbonyl (C=O) groups excluding carboxylic acids is 1. The second kappa shape index (κ2) is 13.9. The first kappa shape index (κ1) is 32.7. The van der Waals surface area contributed by atoms with Gasteiger partial charge >= 0.3 is 5.97 Å². The predicted molar refractivity (Wildman–Crippen MR) is 194 cm³/mol. The van der Waals surface area contributed by atoms with E-state index in [0.29, 0.717) is 12.3 Å². The molecule has 6 aromatic rings. The molecule has 2 atom stereocenters. The SMILES string of the molecule is CC(ON(C(c1ccc(COC(=O)CCCc2cc3cccc4ccc5cccc2c5c43)cc1)C(C)C)C(C)(C)C)c1ccccc1. The van der Waals surface area contributed by atoms with Crippen molar-refractivity contribution in [2.24, 2.45) is 5.92 Å². The summed E-state index contributed by atoms with van der Waals surface area (Å²) >= 11 is 0. The van der Waals surface area contributed by atoms with Crippen LogP contribution >= 0.6 is 0 Å². The van der Waals surface area contributed by atoms with Gasteiger partial charge in [-0.15, -0.1) is 0 Å². The van der Waals surface area contributed by atoms with E-state index in [2.05, 4.69) is 150 Å². The maximum atomic E-state index is 12.8. The van der Waals surface area contributed by atoms with Crippen LogP contribution in [0.4, 0.5) is 0 Å². The fraction of sp³-hybridized carbons (Fsp3) is 0.326. The number of aryl methyl sites for hydroxylation is 1. The Morgan fingerprint density at radius 2 is 1.38 bits per heavy atom. The number of ether oxygens (including phenoxy) is 1. The number of hydroxylamine groups is 2. The van der Waals surface area contributed by atoms with E-state index >= 15 is 0 Å². The largest absolute Gasteiger partial charge is 0.461 e. The summed E-state index contributed by atoms with van der Waals surface area (Å²) < 4.78 is 5.74. The minimum Gasteiger partial charge on any atom is -0.461 e. The molecule has 0 aliphatic heterocycles. The Kier molecular flexibility index (Phi) is 9.63. The first-order chi connectivity index (χ1) is 22.6. The van der Waals surface area contributed by atoms with Gasteiger partial charge in [-0.3, -0.25) is 9.63 Å². The van der Waals surface area contributed by atoms with Crippen molar-refractivity contribution in [1.82, 2.24) is 5.06 Å². The van der Waals surface area contributed by atoms with Crippen molar-refractivity contribution in [3.63, 3.8) is 0 Å². The molecule has 0 heterocycles.